The highest BCUT2D eigenvalue weighted by Crippen LogP contribution is 2.25. The molecular weight excluding hydrogens is 150 g/mol. The average molecular weight is 165 g/mol. The van der Waals surface area contributed by atoms with Crippen molar-refractivity contribution in [2.45, 2.75) is 26.3 Å². The zero-order chi connectivity index (χ0) is 8.55. The van der Waals surface area contributed by atoms with E-state index >= 15 is 0 Å². The minimum Gasteiger partial charge on any atom is -0.347 e. The van der Waals surface area contributed by atoms with Crippen LogP contribution in [0.4, 0.5) is 0 Å². The number of fused-ring (bicyclic) bond motifs is 1. The van der Waals surface area contributed by atoms with Crippen molar-refractivity contribution < 1.29 is 0 Å². The lowest BCUT2D eigenvalue weighted by molar-refractivity contribution is 0.386. The minimum absolute atomic E-state index is 0.469. The van der Waals surface area contributed by atoms with E-state index in [0.717, 1.165) is 13.0 Å². The number of imidazole rings is 1. The summed E-state index contributed by atoms with van der Waals surface area (Å²) in [5.74, 6) is 0.629. The van der Waals surface area contributed by atoms with E-state index < -0.39 is 0 Å². The highest BCUT2D eigenvalue weighted by Gasteiger charge is 2.23. The Balaban J connectivity index is 2.31. The maximum Gasteiger partial charge on any atom is 0.0925 e. The van der Waals surface area contributed by atoms with Gasteiger partial charge in [0.05, 0.1) is 23.8 Å². The van der Waals surface area contributed by atoms with Crippen molar-refractivity contribution in [2.24, 2.45) is 5.92 Å². The number of hydrogen-bond acceptors (Lipinski definition) is 2. The summed E-state index contributed by atoms with van der Waals surface area (Å²) < 4.78 is 0. The molecule has 0 bridgehead atoms. The first-order valence-electron chi connectivity index (χ1n) is 4.54. The van der Waals surface area contributed by atoms with Crippen molar-refractivity contribution in [2.75, 3.05) is 6.54 Å². The molecule has 0 aromatic carbocycles. The fourth-order valence-electron chi connectivity index (χ4n) is 1.82. The molecule has 0 amide bonds. The molecule has 0 saturated heterocycles. The van der Waals surface area contributed by atoms with Gasteiger partial charge >= 0.3 is 0 Å². The van der Waals surface area contributed by atoms with Crippen LogP contribution in [0, 0.1) is 5.92 Å². The van der Waals surface area contributed by atoms with E-state index in [2.05, 4.69) is 29.1 Å². The number of nitrogens with one attached hydrogen (secondary N) is 2. The van der Waals surface area contributed by atoms with Gasteiger partial charge in [-0.1, -0.05) is 13.8 Å². The molecule has 12 heavy (non-hydrogen) atoms. The van der Waals surface area contributed by atoms with Crippen LogP contribution < -0.4 is 5.32 Å². The molecule has 0 fully saturated rings. The molecule has 0 saturated carbocycles. The average Bonchev–Trinajstić information content (AvgIpc) is 2.49. The van der Waals surface area contributed by atoms with Crippen LogP contribution in [0.2, 0.25) is 0 Å². The molecule has 2 rings (SSSR count). The van der Waals surface area contributed by atoms with Gasteiger partial charge in [-0.2, -0.15) is 0 Å². The SMILES string of the molecule is CC(C)[C@@H]1NCCc2nc[nH]c21. The highest BCUT2D eigenvalue weighted by molar-refractivity contribution is 5.19. The van der Waals surface area contributed by atoms with Gasteiger partial charge in [-0.15, -0.1) is 0 Å². The largest absolute Gasteiger partial charge is 0.347 e. The molecule has 1 aliphatic heterocycles. The smallest absolute Gasteiger partial charge is 0.0925 e. The van der Waals surface area contributed by atoms with E-state index in [1.165, 1.54) is 11.4 Å². The Morgan fingerprint density at radius 2 is 2.42 bits per heavy atom. The summed E-state index contributed by atoms with van der Waals surface area (Å²) in [4.78, 5) is 7.51. The number of aromatic amines is 1. The van der Waals surface area contributed by atoms with Crippen LogP contribution in [0.1, 0.15) is 31.3 Å². The van der Waals surface area contributed by atoms with E-state index in [1.54, 1.807) is 6.33 Å². The Hall–Kier alpha value is -0.830. The summed E-state index contributed by atoms with van der Waals surface area (Å²) in [6.45, 7) is 5.52. The molecule has 1 aromatic rings. The maximum atomic E-state index is 4.29. The van der Waals surface area contributed by atoms with E-state index in [4.69, 9.17) is 0 Å². The van der Waals surface area contributed by atoms with Crippen molar-refractivity contribution in [1.82, 2.24) is 15.3 Å². The molecule has 0 radical (unpaired) electrons. The van der Waals surface area contributed by atoms with Crippen LogP contribution in [0.3, 0.4) is 0 Å². The zero-order valence-corrected chi connectivity index (χ0v) is 7.59. The normalized spacial score (nSPS) is 22.8. The molecule has 1 aliphatic rings. The van der Waals surface area contributed by atoms with Gasteiger partial charge in [0, 0.05) is 13.0 Å². The summed E-state index contributed by atoms with van der Waals surface area (Å²) in [5, 5.41) is 3.49. The molecular formula is C9H15N3. The molecule has 2 N–H and O–H groups in total. The molecule has 3 nitrogen and oxygen atoms in total. The topological polar surface area (TPSA) is 40.7 Å². The van der Waals surface area contributed by atoms with Crippen LogP contribution in [-0.4, -0.2) is 16.5 Å². The Labute approximate surface area is 72.6 Å². The second-order valence-electron chi connectivity index (χ2n) is 3.69. The number of aromatic nitrogens is 2. The van der Waals surface area contributed by atoms with E-state index in [1.807, 2.05) is 0 Å². The first-order valence-corrected chi connectivity index (χ1v) is 4.54. The Morgan fingerprint density at radius 1 is 1.58 bits per heavy atom. The van der Waals surface area contributed by atoms with E-state index in [-0.39, 0.29) is 0 Å². The third-order valence-corrected chi connectivity index (χ3v) is 2.46. The molecule has 0 unspecified atom stereocenters. The first kappa shape index (κ1) is 7.80. The van der Waals surface area contributed by atoms with Crippen LogP contribution in [0.15, 0.2) is 6.33 Å². The van der Waals surface area contributed by atoms with Crippen LogP contribution in [-0.2, 0) is 6.42 Å². The molecule has 66 valence electrons. The van der Waals surface area contributed by atoms with Crippen LogP contribution in [0.25, 0.3) is 0 Å². The lowest BCUT2D eigenvalue weighted by Gasteiger charge is -2.26. The minimum atomic E-state index is 0.469. The predicted molar refractivity (Wildman–Crippen MR) is 47.9 cm³/mol. The molecule has 1 atom stereocenters. The Bertz CT molecular complexity index is 264. The summed E-state index contributed by atoms with van der Waals surface area (Å²) in [5.41, 5.74) is 2.53. The van der Waals surface area contributed by atoms with Crippen molar-refractivity contribution in [1.29, 1.82) is 0 Å². The first-order chi connectivity index (χ1) is 5.79. The quantitative estimate of drug-likeness (QED) is 0.657. The van der Waals surface area contributed by atoms with Crippen LogP contribution in [0.5, 0.6) is 0 Å². The third kappa shape index (κ3) is 1.14. The zero-order valence-electron chi connectivity index (χ0n) is 7.59. The molecule has 0 spiro atoms. The predicted octanol–water partition coefficient (Wildman–Crippen LogP) is 1.25. The van der Waals surface area contributed by atoms with Crippen LogP contribution >= 0.6 is 0 Å². The van der Waals surface area contributed by atoms with Crippen molar-refractivity contribution in [3.63, 3.8) is 0 Å². The molecule has 3 heteroatoms. The lowest BCUT2D eigenvalue weighted by atomic mass is 9.96. The van der Waals surface area contributed by atoms with Gasteiger partial charge in [-0.25, -0.2) is 4.98 Å². The van der Waals surface area contributed by atoms with Gasteiger partial charge in [0.1, 0.15) is 0 Å². The highest BCUT2D eigenvalue weighted by atomic mass is 15.0. The number of nitrogens with zero attached hydrogens (tertiary/aromatic N) is 1. The second kappa shape index (κ2) is 2.90. The fourth-order valence-corrected chi connectivity index (χ4v) is 1.82. The third-order valence-electron chi connectivity index (χ3n) is 2.46. The van der Waals surface area contributed by atoms with Gasteiger partial charge in [0.2, 0.25) is 0 Å². The van der Waals surface area contributed by atoms with Gasteiger partial charge in [0.15, 0.2) is 0 Å². The lowest BCUT2D eigenvalue weighted by Crippen LogP contribution is -2.33. The van der Waals surface area contributed by atoms with Gasteiger partial charge in [-0.05, 0) is 5.92 Å². The second-order valence-corrected chi connectivity index (χ2v) is 3.69. The maximum absolute atomic E-state index is 4.29. The number of H-pyrrole nitrogens is 1. The fraction of sp³-hybridized carbons (Fsp3) is 0.667. The number of hydrogen-bond donors (Lipinski definition) is 2. The standard InChI is InChI=1S/C9H15N3/c1-6(2)8-9-7(3-4-10-8)11-5-12-9/h5-6,8,10H,3-4H2,1-2H3,(H,11,12)/t8-/m0/s1. The number of rotatable bonds is 1. The van der Waals surface area contributed by atoms with Gasteiger partial charge < -0.3 is 10.3 Å². The Morgan fingerprint density at radius 3 is 3.17 bits per heavy atom. The molecule has 1 aromatic heterocycles. The van der Waals surface area contributed by atoms with Crippen molar-refractivity contribution in [3.8, 4) is 0 Å². The molecule has 2 heterocycles. The van der Waals surface area contributed by atoms with E-state index in [0.29, 0.717) is 12.0 Å². The monoisotopic (exact) mass is 165 g/mol. The van der Waals surface area contributed by atoms with Gasteiger partial charge in [-0.3, -0.25) is 0 Å². The van der Waals surface area contributed by atoms with Crippen molar-refractivity contribution in [3.05, 3.63) is 17.7 Å². The van der Waals surface area contributed by atoms with E-state index in [9.17, 15) is 0 Å². The summed E-state index contributed by atoms with van der Waals surface area (Å²) in [6.07, 6.45) is 2.86. The Kier molecular flexibility index (Phi) is 1.89. The molecule has 0 aliphatic carbocycles. The van der Waals surface area contributed by atoms with Crippen molar-refractivity contribution >= 4 is 0 Å². The summed E-state index contributed by atoms with van der Waals surface area (Å²) in [6, 6.07) is 0.469. The summed E-state index contributed by atoms with van der Waals surface area (Å²) >= 11 is 0. The van der Waals surface area contributed by atoms with Gasteiger partial charge in [0.25, 0.3) is 0 Å². The summed E-state index contributed by atoms with van der Waals surface area (Å²) in [7, 11) is 0.